The van der Waals surface area contributed by atoms with E-state index in [2.05, 4.69) is 11.4 Å². The topological polar surface area (TPSA) is 39.7 Å². The maximum Gasteiger partial charge on any atom is 0.128 e. The molecule has 20 heavy (non-hydrogen) atoms. The molecule has 0 aromatic heterocycles. The highest BCUT2D eigenvalue weighted by Crippen LogP contribution is 2.31. The number of hydrogen-bond donors (Lipinski definition) is 1. The normalized spacial score (nSPS) is 18.9. The fourth-order valence-corrected chi connectivity index (χ4v) is 2.83. The summed E-state index contributed by atoms with van der Waals surface area (Å²) in [5.74, 6) is 1.72. The third-order valence-corrected chi connectivity index (χ3v) is 3.86. The van der Waals surface area contributed by atoms with Crippen molar-refractivity contribution in [3.63, 3.8) is 0 Å². The lowest BCUT2D eigenvalue weighted by Gasteiger charge is -2.24. The van der Waals surface area contributed by atoms with Gasteiger partial charge < -0.3 is 19.5 Å². The zero-order chi connectivity index (χ0) is 14.4. The van der Waals surface area contributed by atoms with Crippen LogP contribution in [0.25, 0.3) is 0 Å². The van der Waals surface area contributed by atoms with Crippen molar-refractivity contribution >= 4 is 0 Å². The van der Waals surface area contributed by atoms with E-state index in [1.54, 1.807) is 21.3 Å². The molecule has 1 fully saturated rings. The summed E-state index contributed by atoms with van der Waals surface area (Å²) in [6.45, 7) is 1.67. The third-order valence-electron chi connectivity index (χ3n) is 3.86. The van der Waals surface area contributed by atoms with Crippen LogP contribution in [0.15, 0.2) is 12.1 Å². The Kier molecular flexibility index (Phi) is 5.68. The van der Waals surface area contributed by atoms with Crippen molar-refractivity contribution in [1.29, 1.82) is 0 Å². The van der Waals surface area contributed by atoms with Crippen LogP contribution in [0.5, 0.6) is 11.5 Å². The molecule has 1 saturated heterocycles. The fraction of sp³-hybridized carbons (Fsp3) is 0.625. The van der Waals surface area contributed by atoms with E-state index in [0.29, 0.717) is 12.6 Å². The number of benzene rings is 1. The lowest BCUT2D eigenvalue weighted by molar-refractivity contribution is 0.181. The fourth-order valence-electron chi connectivity index (χ4n) is 2.83. The van der Waals surface area contributed by atoms with Gasteiger partial charge in [-0.25, -0.2) is 0 Å². The largest absolute Gasteiger partial charge is 0.496 e. The summed E-state index contributed by atoms with van der Waals surface area (Å²) in [5, 5.41) is 3.58. The second-order valence-corrected chi connectivity index (χ2v) is 5.26. The van der Waals surface area contributed by atoms with E-state index in [9.17, 15) is 0 Å². The van der Waals surface area contributed by atoms with E-state index >= 15 is 0 Å². The highest BCUT2D eigenvalue weighted by Gasteiger charge is 2.17. The Bertz CT molecular complexity index is 428. The Morgan fingerprint density at radius 2 is 1.80 bits per heavy atom. The molecule has 4 nitrogen and oxygen atoms in total. The van der Waals surface area contributed by atoms with Crippen LogP contribution in [-0.2, 0) is 17.8 Å². The number of nitrogens with one attached hydrogen (secondary N) is 1. The first-order chi connectivity index (χ1) is 9.78. The van der Waals surface area contributed by atoms with Crippen LogP contribution in [-0.4, -0.2) is 33.9 Å². The molecule has 0 radical (unpaired) electrons. The maximum absolute atomic E-state index is 5.51. The molecule has 1 N–H and O–H groups in total. The molecule has 112 valence electrons. The molecule has 0 bridgehead atoms. The van der Waals surface area contributed by atoms with E-state index in [1.807, 2.05) is 6.07 Å². The molecule has 1 aliphatic rings. The van der Waals surface area contributed by atoms with Gasteiger partial charge in [0.25, 0.3) is 0 Å². The summed E-state index contributed by atoms with van der Waals surface area (Å²) in [6.07, 6.45) is 4.81. The van der Waals surface area contributed by atoms with E-state index in [0.717, 1.165) is 30.0 Å². The molecule has 1 atom stereocenters. The van der Waals surface area contributed by atoms with Crippen LogP contribution in [0, 0.1) is 0 Å². The van der Waals surface area contributed by atoms with Gasteiger partial charge in [0.2, 0.25) is 0 Å². The highest BCUT2D eigenvalue weighted by molar-refractivity contribution is 5.47. The van der Waals surface area contributed by atoms with Crippen LogP contribution in [0.3, 0.4) is 0 Å². The minimum atomic E-state index is 0.543. The van der Waals surface area contributed by atoms with E-state index in [1.165, 1.54) is 24.8 Å². The summed E-state index contributed by atoms with van der Waals surface area (Å²) in [5.41, 5.74) is 2.29. The maximum atomic E-state index is 5.51. The van der Waals surface area contributed by atoms with Gasteiger partial charge in [0.05, 0.1) is 20.8 Å². The molecule has 0 spiro atoms. The standard InChI is InChI=1S/C16H25NO3/c1-18-11-13-8-12(9-14-6-4-5-7-17-14)15(19-2)10-16(13)20-3/h8,10,14,17H,4-7,9,11H2,1-3H3. The second kappa shape index (κ2) is 7.50. The number of piperidine rings is 1. The first-order valence-electron chi connectivity index (χ1n) is 7.24. The van der Waals surface area contributed by atoms with Gasteiger partial charge in [0.15, 0.2) is 0 Å². The lowest BCUT2D eigenvalue weighted by atomic mass is 9.96. The average Bonchev–Trinajstić information content (AvgIpc) is 2.49. The molecule has 1 aromatic carbocycles. The van der Waals surface area contributed by atoms with E-state index in [-0.39, 0.29) is 0 Å². The first kappa shape index (κ1) is 15.1. The van der Waals surface area contributed by atoms with E-state index in [4.69, 9.17) is 14.2 Å². The van der Waals surface area contributed by atoms with Crippen LogP contribution in [0.4, 0.5) is 0 Å². The van der Waals surface area contributed by atoms with Gasteiger partial charge in [-0.1, -0.05) is 6.42 Å². The molecule has 4 heteroatoms. The zero-order valence-electron chi connectivity index (χ0n) is 12.7. The van der Waals surface area contributed by atoms with Crippen molar-refractivity contribution < 1.29 is 14.2 Å². The molecule has 0 amide bonds. The number of hydrogen-bond acceptors (Lipinski definition) is 4. The summed E-state index contributed by atoms with van der Waals surface area (Å²) in [7, 11) is 5.09. The number of rotatable bonds is 6. The zero-order valence-corrected chi connectivity index (χ0v) is 12.7. The molecule has 1 heterocycles. The molecule has 0 saturated carbocycles. The molecule has 2 rings (SSSR count). The van der Waals surface area contributed by atoms with Gasteiger partial charge in [-0.15, -0.1) is 0 Å². The van der Waals surface area contributed by atoms with Gasteiger partial charge in [-0.05, 0) is 37.4 Å². The molecule has 0 aliphatic carbocycles. The summed E-state index contributed by atoms with van der Waals surface area (Å²) in [4.78, 5) is 0. The minimum Gasteiger partial charge on any atom is -0.496 e. The highest BCUT2D eigenvalue weighted by atomic mass is 16.5. The number of ether oxygens (including phenoxy) is 3. The quantitative estimate of drug-likeness (QED) is 0.868. The van der Waals surface area contributed by atoms with Crippen molar-refractivity contribution in [2.24, 2.45) is 0 Å². The van der Waals surface area contributed by atoms with Gasteiger partial charge in [-0.2, -0.15) is 0 Å². The second-order valence-electron chi connectivity index (χ2n) is 5.26. The SMILES string of the molecule is COCc1cc(CC2CCCCN2)c(OC)cc1OC. The Morgan fingerprint density at radius 3 is 2.40 bits per heavy atom. The van der Waals surface area contributed by atoms with Gasteiger partial charge in [-0.3, -0.25) is 0 Å². The molecule has 1 aliphatic heterocycles. The third kappa shape index (κ3) is 3.64. The Hall–Kier alpha value is -1.26. The predicted molar refractivity (Wildman–Crippen MR) is 79.6 cm³/mol. The smallest absolute Gasteiger partial charge is 0.128 e. The van der Waals surface area contributed by atoms with Crippen molar-refractivity contribution in [2.75, 3.05) is 27.9 Å². The van der Waals surface area contributed by atoms with Crippen molar-refractivity contribution in [2.45, 2.75) is 38.3 Å². The predicted octanol–water partition coefficient (Wildman–Crippen LogP) is 2.53. The van der Waals surface area contributed by atoms with Crippen LogP contribution < -0.4 is 14.8 Å². The molecular weight excluding hydrogens is 254 g/mol. The van der Waals surface area contributed by atoms with Gasteiger partial charge in [0.1, 0.15) is 11.5 Å². The van der Waals surface area contributed by atoms with Crippen LogP contribution in [0.1, 0.15) is 30.4 Å². The van der Waals surface area contributed by atoms with Crippen LogP contribution in [0.2, 0.25) is 0 Å². The molecule has 1 aromatic rings. The number of methoxy groups -OCH3 is 3. The average molecular weight is 279 g/mol. The first-order valence-corrected chi connectivity index (χ1v) is 7.24. The monoisotopic (exact) mass is 279 g/mol. The van der Waals surface area contributed by atoms with Crippen molar-refractivity contribution in [1.82, 2.24) is 5.32 Å². The summed E-state index contributed by atoms with van der Waals surface area (Å²) < 4.78 is 16.2. The van der Waals surface area contributed by atoms with Crippen molar-refractivity contribution in [3.8, 4) is 11.5 Å². The summed E-state index contributed by atoms with van der Waals surface area (Å²) >= 11 is 0. The van der Waals surface area contributed by atoms with E-state index < -0.39 is 0 Å². The minimum absolute atomic E-state index is 0.543. The lowest BCUT2D eigenvalue weighted by Crippen LogP contribution is -2.35. The van der Waals surface area contributed by atoms with Crippen molar-refractivity contribution in [3.05, 3.63) is 23.3 Å². The molecular formula is C16H25NO3. The Morgan fingerprint density at radius 1 is 1.05 bits per heavy atom. The molecule has 1 unspecified atom stereocenters. The van der Waals surface area contributed by atoms with Gasteiger partial charge >= 0.3 is 0 Å². The Labute approximate surface area is 121 Å². The summed E-state index contributed by atoms with van der Waals surface area (Å²) in [6, 6.07) is 4.66. The van der Waals surface area contributed by atoms with Crippen LogP contribution >= 0.6 is 0 Å². The van der Waals surface area contributed by atoms with Gasteiger partial charge in [0, 0.05) is 24.8 Å². The Balaban J connectivity index is 2.22.